The van der Waals surface area contributed by atoms with Crippen LogP contribution in [-0.2, 0) is 0 Å². The van der Waals surface area contributed by atoms with E-state index in [0.29, 0.717) is 0 Å². The number of nitrogens with zero attached hydrogens (tertiary/aromatic N) is 3. The Balaban J connectivity index is 1.74. The standard InChI is InChI=1S/C22H24N4O/c1-4-5-13-23-22-21(24-19-8-6-7-14-26(19)22)18-11-9-17(10-12-18)20-15(2)25-27-16(20)3/h6-12,14,23H,4-5,13H2,1-3H3. The Morgan fingerprint density at radius 2 is 1.81 bits per heavy atom. The summed E-state index contributed by atoms with van der Waals surface area (Å²) in [4.78, 5) is 4.86. The van der Waals surface area contributed by atoms with E-state index in [9.17, 15) is 0 Å². The van der Waals surface area contributed by atoms with Gasteiger partial charge in [-0.15, -0.1) is 0 Å². The number of imidazole rings is 1. The number of nitrogens with one attached hydrogen (secondary N) is 1. The maximum absolute atomic E-state index is 5.30. The molecule has 0 amide bonds. The first-order chi connectivity index (χ1) is 13.2. The summed E-state index contributed by atoms with van der Waals surface area (Å²) in [5, 5.41) is 7.63. The van der Waals surface area contributed by atoms with Crippen molar-refractivity contribution >= 4 is 11.5 Å². The predicted molar refractivity (Wildman–Crippen MR) is 109 cm³/mol. The number of benzene rings is 1. The third-order valence-corrected chi connectivity index (χ3v) is 4.83. The van der Waals surface area contributed by atoms with Gasteiger partial charge in [0.2, 0.25) is 0 Å². The Bertz CT molecular complexity index is 1040. The molecular weight excluding hydrogens is 336 g/mol. The van der Waals surface area contributed by atoms with Crippen LogP contribution in [-0.4, -0.2) is 21.1 Å². The number of pyridine rings is 1. The van der Waals surface area contributed by atoms with Crippen LogP contribution < -0.4 is 5.32 Å². The van der Waals surface area contributed by atoms with Crippen molar-refractivity contribution in [3.8, 4) is 22.4 Å². The van der Waals surface area contributed by atoms with E-state index in [1.54, 1.807) is 0 Å². The van der Waals surface area contributed by atoms with E-state index in [2.05, 4.69) is 52.3 Å². The molecule has 0 aliphatic heterocycles. The highest BCUT2D eigenvalue weighted by Crippen LogP contribution is 2.32. The topological polar surface area (TPSA) is 55.4 Å². The minimum absolute atomic E-state index is 0.843. The van der Waals surface area contributed by atoms with Gasteiger partial charge in [0.25, 0.3) is 0 Å². The van der Waals surface area contributed by atoms with Crippen LogP contribution in [0.15, 0.2) is 53.2 Å². The zero-order valence-electron chi connectivity index (χ0n) is 16.0. The largest absolute Gasteiger partial charge is 0.369 e. The summed E-state index contributed by atoms with van der Waals surface area (Å²) in [6.45, 7) is 7.05. The Kier molecular flexibility index (Phi) is 4.67. The van der Waals surface area contributed by atoms with Crippen LogP contribution in [0.3, 0.4) is 0 Å². The molecule has 0 radical (unpaired) electrons. The molecule has 0 atom stereocenters. The third-order valence-electron chi connectivity index (χ3n) is 4.83. The van der Waals surface area contributed by atoms with Crippen molar-refractivity contribution in [3.05, 3.63) is 60.1 Å². The van der Waals surface area contributed by atoms with Gasteiger partial charge < -0.3 is 9.84 Å². The fourth-order valence-electron chi connectivity index (χ4n) is 3.44. The van der Waals surface area contributed by atoms with Crippen LogP contribution in [0.1, 0.15) is 31.2 Å². The maximum atomic E-state index is 5.30. The molecule has 0 spiro atoms. The molecule has 4 rings (SSSR count). The van der Waals surface area contributed by atoms with Gasteiger partial charge in [0, 0.05) is 23.9 Å². The highest BCUT2D eigenvalue weighted by molar-refractivity contribution is 5.79. The maximum Gasteiger partial charge on any atom is 0.141 e. The number of hydrogen-bond acceptors (Lipinski definition) is 4. The van der Waals surface area contributed by atoms with Crippen molar-refractivity contribution in [2.45, 2.75) is 33.6 Å². The average molecular weight is 360 g/mol. The molecule has 0 unspecified atom stereocenters. The van der Waals surface area contributed by atoms with Gasteiger partial charge in [-0.2, -0.15) is 0 Å². The van der Waals surface area contributed by atoms with E-state index in [4.69, 9.17) is 9.51 Å². The molecule has 0 aliphatic rings. The normalized spacial score (nSPS) is 11.2. The van der Waals surface area contributed by atoms with Gasteiger partial charge in [-0.1, -0.05) is 48.8 Å². The molecule has 4 aromatic rings. The zero-order valence-corrected chi connectivity index (χ0v) is 16.0. The SMILES string of the molecule is CCCCNc1c(-c2ccc(-c3c(C)noc3C)cc2)nc2ccccn12. The molecule has 138 valence electrons. The molecule has 0 saturated heterocycles. The van der Waals surface area contributed by atoms with E-state index in [1.807, 2.05) is 32.0 Å². The summed E-state index contributed by atoms with van der Waals surface area (Å²) in [6.07, 6.45) is 4.34. The van der Waals surface area contributed by atoms with Gasteiger partial charge >= 0.3 is 0 Å². The van der Waals surface area contributed by atoms with E-state index in [1.165, 1.54) is 0 Å². The fourth-order valence-corrected chi connectivity index (χ4v) is 3.44. The summed E-state index contributed by atoms with van der Waals surface area (Å²) in [5.74, 6) is 1.89. The van der Waals surface area contributed by atoms with Crippen LogP contribution in [0, 0.1) is 13.8 Å². The van der Waals surface area contributed by atoms with Crippen LogP contribution in [0.5, 0.6) is 0 Å². The molecule has 0 fully saturated rings. The van der Waals surface area contributed by atoms with Gasteiger partial charge in [-0.3, -0.25) is 4.40 Å². The Morgan fingerprint density at radius 1 is 1.04 bits per heavy atom. The van der Waals surface area contributed by atoms with Gasteiger partial charge in [-0.05, 0) is 38.0 Å². The number of aryl methyl sites for hydroxylation is 2. The molecule has 3 aromatic heterocycles. The van der Waals surface area contributed by atoms with Crippen molar-refractivity contribution in [1.82, 2.24) is 14.5 Å². The van der Waals surface area contributed by atoms with E-state index < -0.39 is 0 Å². The molecule has 27 heavy (non-hydrogen) atoms. The summed E-state index contributed by atoms with van der Waals surface area (Å²) in [6, 6.07) is 14.5. The average Bonchev–Trinajstić information content (AvgIpc) is 3.22. The number of unbranched alkanes of at least 4 members (excludes halogenated alkanes) is 1. The molecule has 5 nitrogen and oxygen atoms in total. The molecule has 1 N–H and O–H groups in total. The Hall–Kier alpha value is -3.08. The molecular formula is C22H24N4O. The summed E-state index contributed by atoms with van der Waals surface area (Å²) in [5.41, 5.74) is 6.10. The van der Waals surface area contributed by atoms with Crippen molar-refractivity contribution in [2.24, 2.45) is 0 Å². The second kappa shape index (κ2) is 7.27. The van der Waals surface area contributed by atoms with Crippen molar-refractivity contribution in [1.29, 1.82) is 0 Å². The van der Waals surface area contributed by atoms with Crippen LogP contribution in [0.25, 0.3) is 28.0 Å². The molecule has 0 saturated carbocycles. The highest BCUT2D eigenvalue weighted by Gasteiger charge is 2.15. The predicted octanol–water partition coefficient (Wildman–Crippen LogP) is 5.49. The monoisotopic (exact) mass is 360 g/mol. The number of fused-ring (bicyclic) bond motifs is 1. The minimum Gasteiger partial charge on any atom is -0.369 e. The molecule has 0 bridgehead atoms. The number of hydrogen-bond donors (Lipinski definition) is 1. The van der Waals surface area contributed by atoms with E-state index in [-0.39, 0.29) is 0 Å². The lowest BCUT2D eigenvalue weighted by Crippen LogP contribution is -2.04. The van der Waals surface area contributed by atoms with Crippen molar-refractivity contribution < 1.29 is 4.52 Å². The fraction of sp³-hybridized carbons (Fsp3) is 0.273. The Morgan fingerprint density at radius 3 is 2.52 bits per heavy atom. The highest BCUT2D eigenvalue weighted by atomic mass is 16.5. The summed E-state index contributed by atoms with van der Waals surface area (Å²) in [7, 11) is 0. The number of anilines is 1. The molecule has 3 heterocycles. The second-order valence-corrected chi connectivity index (χ2v) is 6.79. The van der Waals surface area contributed by atoms with Gasteiger partial charge in [-0.25, -0.2) is 4.98 Å². The first kappa shape index (κ1) is 17.3. The lowest BCUT2D eigenvalue weighted by Gasteiger charge is -2.09. The minimum atomic E-state index is 0.843. The van der Waals surface area contributed by atoms with Crippen LogP contribution in [0.2, 0.25) is 0 Å². The molecule has 5 heteroatoms. The smallest absolute Gasteiger partial charge is 0.141 e. The third kappa shape index (κ3) is 3.21. The second-order valence-electron chi connectivity index (χ2n) is 6.79. The lowest BCUT2D eigenvalue weighted by molar-refractivity contribution is 0.393. The van der Waals surface area contributed by atoms with Crippen LogP contribution in [0.4, 0.5) is 5.82 Å². The Labute approximate surface area is 159 Å². The number of rotatable bonds is 6. The molecule has 1 aromatic carbocycles. The summed E-state index contributed by atoms with van der Waals surface area (Å²) >= 11 is 0. The van der Waals surface area contributed by atoms with Gasteiger partial charge in [0.1, 0.15) is 22.9 Å². The first-order valence-corrected chi connectivity index (χ1v) is 9.43. The van der Waals surface area contributed by atoms with Gasteiger partial charge in [0.15, 0.2) is 0 Å². The van der Waals surface area contributed by atoms with Crippen molar-refractivity contribution in [3.63, 3.8) is 0 Å². The quantitative estimate of drug-likeness (QED) is 0.462. The number of aromatic nitrogens is 3. The zero-order chi connectivity index (χ0) is 18.8. The summed E-state index contributed by atoms with van der Waals surface area (Å²) < 4.78 is 7.42. The lowest BCUT2D eigenvalue weighted by atomic mass is 10.0. The van der Waals surface area contributed by atoms with Crippen LogP contribution >= 0.6 is 0 Å². The first-order valence-electron chi connectivity index (χ1n) is 9.43. The van der Waals surface area contributed by atoms with Gasteiger partial charge in [0.05, 0.1) is 5.69 Å². The van der Waals surface area contributed by atoms with E-state index >= 15 is 0 Å². The van der Waals surface area contributed by atoms with E-state index in [0.717, 1.165) is 64.7 Å². The molecule has 0 aliphatic carbocycles. The van der Waals surface area contributed by atoms with Crippen molar-refractivity contribution in [2.75, 3.05) is 11.9 Å².